The number of nitrogens with one attached hydrogen (secondary N) is 2. The summed E-state index contributed by atoms with van der Waals surface area (Å²) in [6, 6.07) is 5.23. The van der Waals surface area contributed by atoms with Crippen molar-refractivity contribution in [2.24, 2.45) is 0 Å². The van der Waals surface area contributed by atoms with Gasteiger partial charge in [-0.15, -0.1) is 0 Å². The molecule has 2 amide bonds. The van der Waals surface area contributed by atoms with Crippen molar-refractivity contribution in [3.63, 3.8) is 0 Å². The molecule has 0 aromatic heterocycles. The van der Waals surface area contributed by atoms with Crippen LogP contribution in [0.5, 0.6) is 0 Å². The monoisotopic (exact) mass is 282 g/mol. The zero-order valence-electron chi connectivity index (χ0n) is 12.1. The van der Waals surface area contributed by atoms with Crippen molar-refractivity contribution in [1.82, 2.24) is 5.32 Å². The van der Waals surface area contributed by atoms with E-state index in [0.717, 1.165) is 12.8 Å². The number of urea groups is 1. The fraction of sp³-hybridized carbons (Fsp3) is 0.533. The van der Waals surface area contributed by atoms with Crippen LogP contribution < -0.4 is 10.6 Å². The molecule has 20 heavy (non-hydrogen) atoms. The van der Waals surface area contributed by atoms with E-state index >= 15 is 0 Å². The predicted octanol–water partition coefficient (Wildman–Crippen LogP) is 3.28. The minimum Gasteiger partial charge on any atom is -0.388 e. The summed E-state index contributed by atoms with van der Waals surface area (Å²) in [6.07, 6.45) is 2.98. The molecule has 0 spiro atoms. The topological polar surface area (TPSA) is 61.4 Å². The third-order valence-electron chi connectivity index (χ3n) is 3.09. The lowest BCUT2D eigenvalue weighted by atomic mass is 9.93. The van der Waals surface area contributed by atoms with E-state index in [2.05, 4.69) is 10.6 Å². The average molecular weight is 282 g/mol. The number of amides is 2. The summed E-state index contributed by atoms with van der Waals surface area (Å²) < 4.78 is 13.0. The molecule has 0 heterocycles. The molecule has 1 aromatic rings. The number of carbonyl (C=O) groups is 1. The van der Waals surface area contributed by atoms with Gasteiger partial charge >= 0.3 is 6.03 Å². The highest BCUT2D eigenvalue weighted by molar-refractivity contribution is 5.89. The van der Waals surface area contributed by atoms with Crippen LogP contribution in [0.2, 0.25) is 0 Å². The number of anilines is 1. The Labute approximate surface area is 119 Å². The highest BCUT2D eigenvalue weighted by atomic mass is 19.1. The molecule has 5 heteroatoms. The maximum atomic E-state index is 13.0. The fourth-order valence-electron chi connectivity index (χ4n) is 2.22. The van der Waals surface area contributed by atoms with E-state index in [1.54, 1.807) is 6.07 Å². The lowest BCUT2D eigenvalue weighted by molar-refractivity contribution is 0.0245. The van der Waals surface area contributed by atoms with E-state index < -0.39 is 17.4 Å². The summed E-state index contributed by atoms with van der Waals surface area (Å²) in [5.74, 6) is -0.406. The third-order valence-corrected chi connectivity index (χ3v) is 3.09. The molecule has 0 atom stereocenters. The van der Waals surface area contributed by atoms with Gasteiger partial charge in [-0.25, -0.2) is 9.18 Å². The fourth-order valence-corrected chi connectivity index (χ4v) is 2.22. The van der Waals surface area contributed by atoms with Gasteiger partial charge in [0.25, 0.3) is 0 Å². The van der Waals surface area contributed by atoms with Gasteiger partial charge < -0.3 is 15.7 Å². The average Bonchev–Trinajstić information content (AvgIpc) is 2.37. The number of halogens is 1. The van der Waals surface area contributed by atoms with E-state index in [9.17, 15) is 14.3 Å². The quantitative estimate of drug-likeness (QED) is 0.718. The predicted molar refractivity (Wildman–Crippen MR) is 78.2 cm³/mol. The Kier molecular flexibility index (Phi) is 6.45. The van der Waals surface area contributed by atoms with Crippen molar-refractivity contribution >= 4 is 11.7 Å². The van der Waals surface area contributed by atoms with Gasteiger partial charge in [0.2, 0.25) is 0 Å². The molecular formula is C15H23FN2O2. The zero-order chi connectivity index (χ0) is 15.0. The van der Waals surface area contributed by atoms with E-state index in [1.807, 2.05) is 13.8 Å². The lowest BCUT2D eigenvalue weighted by Gasteiger charge is -2.27. The first-order valence-corrected chi connectivity index (χ1v) is 7.02. The molecular weight excluding hydrogens is 259 g/mol. The van der Waals surface area contributed by atoms with Crippen molar-refractivity contribution in [2.45, 2.75) is 45.1 Å². The number of rotatable bonds is 7. The van der Waals surface area contributed by atoms with Gasteiger partial charge in [0.05, 0.1) is 5.60 Å². The smallest absolute Gasteiger partial charge is 0.319 e. The van der Waals surface area contributed by atoms with Crippen molar-refractivity contribution in [3.05, 3.63) is 30.1 Å². The first-order valence-electron chi connectivity index (χ1n) is 7.02. The van der Waals surface area contributed by atoms with Crippen LogP contribution in [0.1, 0.15) is 39.5 Å². The standard InChI is InChI=1S/C15H23FN2O2/c1-3-8-15(20,9-4-2)11-17-14(19)18-13-7-5-6-12(16)10-13/h5-7,10,20H,3-4,8-9,11H2,1-2H3,(H2,17,18,19). The van der Waals surface area contributed by atoms with Gasteiger partial charge in [-0.3, -0.25) is 0 Å². The van der Waals surface area contributed by atoms with Crippen LogP contribution in [-0.4, -0.2) is 23.3 Å². The first-order chi connectivity index (χ1) is 9.49. The van der Waals surface area contributed by atoms with Gasteiger partial charge in [-0.05, 0) is 31.0 Å². The van der Waals surface area contributed by atoms with Gasteiger partial charge in [-0.1, -0.05) is 32.8 Å². The largest absolute Gasteiger partial charge is 0.388 e. The molecule has 0 aliphatic heterocycles. The molecule has 112 valence electrons. The minimum atomic E-state index is -0.872. The molecule has 0 aliphatic carbocycles. The summed E-state index contributed by atoms with van der Waals surface area (Å²) in [6.45, 7) is 4.18. The van der Waals surface area contributed by atoms with Gasteiger partial charge in [0.15, 0.2) is 0 Å². The maximum Gasteiger partial charge on any atom is 0.319 e. The zero-order valence-corrected chi connectivity index (χ0v) is 12.1. The number of hydrogen-bond donors (Lipinski definition) is 3. The third kappa shape index (κ3) is 5.57. The molecule has 0 radical (unpaired) electrons. The molecule has 0 bridgehead atoms. The molecule has 0 fully saturated rings. The molecule has 0 saturated heterocycles. The SMILES string of the molecule is CCCC(O)(CCC)CNC(=O)Nc1cccc(F)c1. The summed E-state index contributed by atoms with van der Waals surface area (Å²) in [4.78, 5) is 11.7. The highest BCUT2D eigenvalue weighted by Crippen LogP contribution is 2.18. The number of benzene rings is 1. The van der Waals surface area contributed by atoms with Crippen LogP contribution >= 0.6 is 0 Å². The first kappa shape index (κ1) is 16.4. The molecule has 1 aromatic carbocycles. The van der Waals surface area contributed by atoms with E-state index in [4.69, 9.17) is 0 Å². The number of carbonyl (C=O) groups excluding carboxylic acids is 1. The second-order valence-electron chi connectivity index (χ2n) is 5.04. The van der Waals surface area contributed by atoms with Crippen LogP contribution in [0.25, 0.3) is 0 Å². The maximum absolute atomic E-state index is 13.0. The van der Waals surface area contributed by atoms with E-state index in [-0.39, 0.29) is 6.54 Å². The second kappa shape index (κ2) is 7.85. The Balaban J connectivity index is 2.49. The van der Waals surface area contributed by atoms with Crippen LogP contribution in [0.15, 0.2) is 24.3 Å². The Hall–Kier alpha value is -1.62. The van der Waals surface area contributed by atoms with E-state index in [1.165, 1.54) is 18.2 Å². The van der Waals surface area contributed by atoms with Crippen molar-refractivity contribution in [1.29, 1.82) is 0 Å². The molecule has 0 aliphatic rings. The molecule has 0 unspecified atom stereocenters. The summed E-state index contributed by atoms with van der Waals surface area (Å²) in [7, 11) is 0. The minimum absolute atomic E-state index is 0.190. The Morgan fingerprint density at radius 2 is 1.95 bits per heavy atom. The lowest BCUT2D eigenvalue weighted by Crippen LogP contribution is -2.44. The Morgan fingerprint density at radius 3 is 2.50 bits per heavy atom. The number of aliphatic hydroxyl groups is 1. The Morgan fingerprint density at radius 1 is 1.30 bits per heavy atom. The van der Waals surface area contributed by atoms with Crippen molar-refractivity contribution < 1.29 is 14.3 Å². The molecule has 1 rings (SSSR count). The number of hydrogen-bond acceptors (Lipinski definition) is 2. The van der Waals surface area contributed by atoms with Crippen LogP contribution in [0, 0.1) is 5.82 Å². The van der Waals surface area contributed by atoms with Crippen LogP contribution in [0.4, 0.5) is 14.9 Å². The normalized spacial score (nSPS) is 11.2. The van der Waals surface area contributed by atoms with Gasteiger partial charge in [0.1, 0.15) is 5.82 Å². The van der Waals surface area contributed by atoms with Crippen LogP contribution in [0.3, 0.4) is 0 Å². The summed E-state index contributed by atoms with van der Waals surface area (Å²) in [5.41, 5.74) is -0.486. The van der Waals surface area contributed by atoms with E-state index in [0.29, 0.717) is 18.5 Å². The van der Waals surface area contributed by atoms with Gasteiger partial charge in [0, 0.05) is 12.2 Å². The Bertz CT molecular complexity index is 432. The van der Waals surface area contributed by atoms with Gasteiger partial charge in [-0.2, -0.15) is 0 Å². The molecule has 4 nitrogen and oxygen atoms in total. The van der Waals surface area contributed by atoms with Crippen molar-refractivity contribution in [3.8, 4) is 0 Å². The molecule has 3 N–H and O–H groups in total. The summed E-state index contributed by atoms with van der Waals surface area (Å²) in [5, 5.41) is 15.5. The van der Waals surface area contributed by atoms with Crippen molar-refractivity contribution in [2.75, 3.05) is 11.9 Å². The summed E-state index contributed by atoms with van der Waals surface area (Å²) >= 11 is 0. The second-order valence-corrected chi connectivity index (χ2v) is 5.04. The highest BCUT2D eigenvalue weighted by Gasteiger charge is 2.25. The van der Waals surface area contributed by atoms with Crippen LogP contribution in [-0.2, 0) is 0 Å². The molecule has 0 saturated carbocycles.